The first-order valence-electron chi connectivity index (χ1n) is 10.1. The molecule has 0 aromatic heterocycles. The molecule has 2 rings (SSSR count). The minimum Gasteiger partial charge on any atom is -0.493 e. The Balaban J connectivity index is 1.74. The van der Waals surface area contributed by atoms with Gasteiger partial charge in [0.2, 0.25) is 5.91 Å². The Labute approximate surface area is 186 Å². The third-order valence-electron chi connectivity index (χ3n) is 4.26. The van der Waals surface area contributed by atoms with Crippen LogP contribution in [0.15, 0.2) is 46.0 Å². The Kier molecular flexibility index (Phi) is 10.2. The number of carbonyl (C=O) groups is 1. The van der Waals surface area contributed by atoms with Crippen molar-refractivity contribution in [2.24, 2.45) is 5.10 Å². The summed E-state index contributed by atoms with van der Waals surface area (Å²) in [7, 11) is 1.59. The summed E-state index contributed by atoms with van der Waals surface area (Å²) in [6.07, 6.45) is 4.40. The number of nitrogens with zero attached hydrogens (tertiary/aromatic N) is 1. The van der Waals surface area contributed by atoms with E-state index < -0.39 is 0 Å². The molecule has 0 saturated heterocycles. The van der Waals surface area contributed by atoms with E-state index in [2.05, 4.69) is 33.4 Å². The van der Waals surface area contributed by atoms with Gasteiger partial charge >= 0.3 is 0 Å². The fourth-order valence-corrected chi connectivity index (χ4v) is 3.17. The number of carbonyl (C=O) groups excluding carboxylic acids is 1. The van der Waals surface area contributed by atoms with Crippen LogP contribution in [0.1, 0.15) is 44.2 Å². The molecule has 0 fully saturated rings. The van der Waals surface area contributed by atoms with Gasteiger partial charge in [-0.3, -0.25) is 4.79 Å². The Morgan fingerprint density at radius 3 is 2.53 bits per heavy atom. The molecule has 0 aliphatic carbocycles. The monoisotopic (exact) mass is 476 g/mol. The lowest BCUT2D eigenvalue weighted by molar-refractivity contribution is -0.121. The number of amides is 1. The number of ether oxygens (including phenoxy) is 3. The average Bonchev–Trinajstić information content (AvgIpc) is 2.76. The Morgan fingerprint density at radius 2 is 1.83 bits per heavy atom. The molecule has 6 nitrogen and oxygen atoms in total. The summed E-state index contributed by atoms with van der Waals surface area (Å²) < 4.78 is 17.6. The molecule has 162 valence electrons. The standard InChI is InChI=1S/C23H29BrN2O4/c1-4-12-29-21-11-9-18(15-22(21)28-3)16-25-26-23(27)7-6-13-30-20-10-8-17(5-2)14-19(20)24/h8-11,14-16H,4-7,12-13H2,1-3H3,(H,26,27)/b25-16+. The average molecular weight is 477 g/mol. The fourth-order valence-electron chi connectivity index (χ4n) is 2.63. The van der Waals surface area contributed by atoms with Gasteiger partial charge in [0.1, 0.15) is 5.75 Å². The highest BCUT2D eigenvalue weighted by Crippen LogP contribution is 2.28. The van der Waals surface area contributed by atoms with E-state index in [0.29, 0.717) is 37.6 Å². The maximum absolute atomic E-state index is 12.0. The van der Waals surface area contributed by atoms with Crippen LogP contribution in [-0.4, -0.2) is 32.4 Å². The van der Waals surface area contributed by atoms with Crippen LogP contribution in [0.2, 0.25) is 0 Å². The van der Waals surface area contributed by atoms with Gasteiger partial charge in [0.15, 0.2) is 11.5 Å². The molecule has 0 unspecified atom stereocenters. The van der Waals surface area contributed by atoms with Crippen LogP contribution in [0.3, 0.4) is 0 Å². The van der Waals surface area contributed by atoms with Crippen molar-refractivity contribution >= 4 is 28.1 Å². The second kappa shape index (κ2) is 12.9. The highest BCUT2D eigenvalue weighted by atomic mass is 79.9. The fraction of sp³-hybridized carbons (Fsp3) is 0.391. The van der Waals surface area contributed by atoms with E-state index in [1.54, 1.807) is 13.3 Å². The summed E-state index contributed by atoms with van der Waals surface area (Å²) >= 11 is 3.51. The van der Waals surface area contributed by atoms with Crippen LogP contribution >= 0.6 is 15.9 Å². The number of hydrazone groups is 1. The molecular formula is C23H29BrN2O4. The molecule has 1 N–H and O–H groups in total. The molecule has 0 saturated carbocycles. The summed E-state index contributed by atoms with van der Waals surface area (Å²) in [5.74, 6) is 1.95. The van der Waals surface area contributed by atoms with Gasteiger partial charge in [-0.05, 0) is 76.7 Å². The second-order valence-corrected chi connectivity index (χ2v) is 7.48. The SMILES string of the molecule is CCCOc1ccc(/C=N/NC(=O)CCCOc2ccc(CC)cc2Br)cc1OC. The van der Waals surface area contributed by atoms with E-state index in [1.165, 1.54) is 5.56 Å². The molecule has 30 heavy (non-hydrogen) atoms. The zero-order chi connectivity index (χ0) is 21.8. The minimum absolute atomic E-state index is 0.162. The third-order valence-corrected chi connectivity index (χ3v) is 4.88. The lowest BCUT2D eigenvalue weighted by atomic mass is 10.2. The zero-order valence-corrected chi connectivity index (χ0v) is 19.3. The third kappa shape index (κ3) is 7.71. The van der Waals surface area contributed by atoms with Gasteiger partial charge in [-0.25, -0.2) is 5.43 Å². The van der Waals surface area contributed by atoms with E-state index in [1.807, 2.05) is 43.3 Å². The van der Waals surface area contributed by atoms with Crippen molar-refractivity contribution in [1.29, 1.82) is 0 Å². The van der Waals surface area contributed by atoms with Crippen molar-refractivity contribution in [3.8, 4) is 17.2 Å². The Hall–Kier alpha value is -2.54. The normalized spacial score (nSPS) is 10.8. The van der Waals surface area contributed by atoms with Crippen LogP contribution in [-0.2, 0) is 11.2 Å². The highest BCUT2D eigenvalue weighted by Gasteiger charge is 2.06. The topological polar surface area (TPSA) is 69.2 Å². The predicted molar refractivity (Wildman–Crippen MR) is 123 cm³/mol. The van der Waals surface area contributed by atoms with E-state index in [4.69, 9.17) is 14.2 Å². The molecule has 2 aromatic carbocycles. The number of hydrogen-bond donors (Lipinski definition) is 1. The molecule has 0 aliphatic rings. The summed E-state index contributed by atoms with van der Waals surface area (Å²) in [4.78, 5) is 12.0. The van der Waals surface area contributed by atoms with Crippen LogP contribution in [0.5, 0.6) is 17.2 Å². The predicted octanol–water partition coefficient (Wildman–Crippen LogP) is 5.12. The van der Waals surface area contributed by atoms with Crippen molar-refractivity contribution in [2.45, 2.75) is 39.5 Å². The Morgan fingerprint density at radius 1 is 1.07 bits per heavy atom. The molecule has 0 spiro atoms. The molecule has 7 heteroatoms. The van der Waals surface area contributed by atoms with Gasteiger partial charge in [-0.1, -0.05) is 19.9 Å². The van der Waals surface area contributed by atoms with E-state index in [0.717, 1.165) is 28.6 Å². The zero-order valence-electron chi connectivity index (χ0n) is 17.7. The summed E-state index contributed by atoms with van der Waals surface area (Å²) in [5.41, 5.74) is 4.58. The molecule has 0 radical (unpaired) electrons. The van der Waals surface area contributed by atoms with Crippen molar-refractivity contribution < 1.29 is 19.0 Å². The van der Waals surface area contributed by atoms with Gasteiger partial charge in [0.25, 0.3) is 0 Å². The molecule has 2 aromatic rings. The molecular weight excluding hydrogens is 448 g/mol. The molecule has 0 heterocycles. The summed E-state index contributed by atoms with van der Waals surface area (Å²) in [6, 6.07) is 11.5. The number of methoxy groups -OCH3 is 1. The Bertz CT molecular complexity index is 855. The number of halogens is 1. The lowest BCUT2D eigenvalue weighted by Crippen LogP contribution is -2.18. The largest absolute Gasteiger partial charge is 0.493 e. The number of aryl methyl sites for hydroxylation is 1. The second-order valence-electron chi connectivity index (χ2n) is 6.62. The smallest absolute Gasteiger partial charge is 0.240 e. The maximum atomic E-state index is 12.0. The summed E-state index contributed by atoms with van der Waals surface area (Å²) in [5, 5.41) is 4.01. The quantitative estimate of drug-likeness (QED) is 0.262. The van der Waals surface area contributed by atoms with Crippen molar-refractivity contribution in [3.63, 3.8) is 0 Å². The van der Waals surface area contributed by atoms with Gasteiger partial charge in [-0.15, -0.1) is 0 Å². The van der Waals surface area contributed by atoms with Gasteiger partial charge in [0.05, 0.1) is 31.0 Å². The molecule has 0 bridgehead atoms. The summed E-state index contributed by atoms with van der Waals surface area (Å²) in [6.45, 7) is 5.24. The van der Waals surface area contributed by atoms with E-state index in [-0.39, 0.29) is 5.91 Å². The van der Waals surface area contributed by atoms with Gasteiger partial charge < -0.3 is 14.2 Å². The number of nitrogens with one attached hydrogen (secondary N) is 1. The first kappa shape index (κ1) is 23.7. The number of hydrogen-bond acceptors (Lipinski definition) is 5. The van der Waals surface area contributed by atoms with Crippen molar-refractivity contribution in [1.82, 2.24) is 5.43 Å². The van der Waals surface area contributed by atoms with Crippen LogP contribution in [0.25, 0.3) is 0 Å². The number of benzene rings is 2. The van der Waals surface area contributed by atoms with Crippen LogP contribution in [0, 0.1) is 0 Å². The maximum Gasteiger partial charge on any atom is 0.240 e. The van der Waals surface area contributed by atoms with Gasteiger partial charge in [-0.2, -0.15) is 5.10 Å². The van der Waals surface area contributed by atoms with E-state index >= 15 is 0 Å². The van der Waals surface area contributed by atoms with Crippen molar-refractivity contribution in [3.05, 3.63) is 52.0 Å². The van der Waals surface area contributed by atoms with Crippen LogP contribution < -0.4 is 19.6 Å². The van der Waals surface area contributed by atoms with Crippen LogP contribution in [0.4, 0.5) is 0 Å². The molecule has 0 aliphatic heterocycles. The first-order chi connectivity index (χ1) is 14.6. The van der Waals surface area contributed by atoms with Gasteiger partial charge in [0, 0.05) is 6.42 Å². The first-order valence-corrected chi connectivity index (χ1v) is 10.9. The molecule has 0 atom stereocenters. The molecule has 1 amide bonds. The minimum atomic E-state index is -0.162. The highest BCUT2D eigenvalue weighted by molar-refractivity contribution is 9.10. The van der Waals surface area contributed by atoms with E-state index in [9.17, 15) is 4.79 Å². The lowest BCUT2D eigenvalue weighted by Gasteiger charge is -2.10. The van der Waals surface area contributed by atoms with Crippen molar-refractivity contribution in [2.75, 3.05) is 20.3 Å². The number of rotatable bonds is 12.